The van der Waals surface area contributed by atoms with Gasteiger partial charge in [0.25, 0.3) is 0 Å². The van der Waals surface area contributed by atoms with Gasteiger partial charge in [-0.25, -0.2) is 0 Å². The Morgan fingerprint density at radius 3 is 2.24 bits per heavy atom. The van der Waals surface area contributed by atoms with Crippen molar-refractivity contribution in [3.8, 4) is 0 Å². The van der Waals surface area contributed by atoms with Gasteiger partial charge in [-0.15, -0.1) is 0 Å². The summed E-state index contributed by atoms with van der Waals surface area (Å²) in [5, 5.41) is 3.71. The molecule has 1 rings (SSSR count). The van der Waals surface area contributed by atoms with Gasteiger partial charge >= 0.3 is 0 Å². The number of hydrogen-bond donors (Lipinski definition) is 1. The summed E-state index contributed by atoms with van der Waals surface area (Å²) in [7, 11) is 0. The van der Waals surface area contributed by atoms with Crippen molar-refractivity contribution in [1.82, 2.24) is 10.2 Å². The van der Waals surface area contributed by atoms with Crippen LogP contribution >= 0.6 is 0 Å². The average Bonchev–Trinajstić information content (AvgIpc) is 2.25. The molecule has 0 radical (unpaired) electrons. The highest BCUT2D eigenvalue weighted by atomic mass is 15.3. The predicted molar refractivity (Wildman–Crippen MR) is 76.3 cm³/mol. The second-order valence-corrected chi connectivity index (χ2v) is 7.06. The van der Waals surface area contributed by atoms with E-state index in [-0.39, 0.29) is 0 Å². The van der Waals surface area contributed by atoms with E-state index in [0.717, 1.165) is 12.5 Å². The molecule has 0 saturated carbocycles. The molecule has 0 aromatic heterocycles. The zero-order valence-electron chi connectivity index (χ0n) is 12.9. The molecule has 2 heteroatoms. The van der Waals surface area contributed by atoms with Crippen LogP contribution < -0.4 is 5.32 Å². The number of hydrogen-bond acceptors (Lipinski definition) is 2. The minimum atomic E-state index is 0.367. The topological polar surface area (TPSA) is 15.3 Å². The number of nitrogens with one attached hydrogen (secondary N) is 1. The molecular formula is C15H32N2. The average molecular weight is 240 g/mol. The summed E-state index contributed by atoms with van der Waals surface area (Å²) in [6, 6.07) is 2.01. The van der Waals surface area contributed by atoms with Gasteiger partial charge in [-0.3, -0.25) is 4.90 Å². The third-order valence-corrected chi connectivity index (χ3v) is 4.52. The van der Waals surface area contributed by atoms with Crippen LogP contribution in [0, 0.1) is 11.3 Å². The third kappa shape index (κ3) is 3.69. The van der Waals surface area contributed by atoms with Crippen LogP contribution in [0.1, 0.15) is 54.9 Å². The lowest BCUT2D eigenvalue weighted by Gasteiger charge is -2.48. The molecule has 1 fully saturated rings. The number of nitrogens with zero attached hydrogens (tertiary/aromatic N) is 1. The van der Waals surface area contributed by atoms with E-state index in [1.165, 1.54) is 13.0 Å². The van der Waals surface area contributed by atoms with Crippen molar-refractivity contribution >= 4 is 0 Å². The Bertz CT molecular complexity index is 230. The van der Waals surface area contributed by atoms with Crippen molar-refractivity contribution in [3.05, 3.63) is 0 Å². The molecule has 0 aromatic rings. The lowest BCUT2D eigenvalue weighted by atomic mass is 9.84. The summed E-state index contributed by atoms with van der Waals surface area (Å²) >= 11 is 0. The zero-order valence-corrected chi connectivity index (χ0v) is 12.9. The number of rotatable bonds is 3. The second kappa shape index (κ2) is 5.71. The Morgan fingerprint density at radius 2 is 1.82 bits per heavy atom. The van der Waals surface area contributed by atoms with Crippen LogP contribution in [0.3, 0.4) is 0 Å². The quantitative estimate of drug-likeness (QED) is 0.815. The summed E-state index contributed by atoms with van der Waals surface area (Å²) in [6.07, 6.45) is 1.25. The van der Waals surface area contributed by atoms with Gasteiger partial charge in [-0.2, -0.15) is 0 Å². The molecule has 3 atom stereocenters. The number of piperazine rings is 1. The molecule has 0 aromatic carbocycles. The minimum absolute atomic E-state index is 0.367. The van der Waals surface area contributed by atoms with Crippen LogP contribution in [0.4, 0.5) is 0 Å². The van der Waals surface area contributed by atoms with Crippen molar-refractivity contribution in [1.29, 1.82) is 0 Å². The summed E-state index contributed by atoms with van der Waals surface area (Å²) < 4.78 is 0. The maximum atomic E-state index is 3.71. The highest BCUT2D eigenvalue weighted by Gasteiger charge is 2.35. The molecular weight excluding hydrogens is 208 g/mol. The molecule has 1 saturated heterocycles. The zero-order chi connectivity index (χ0) is 13.2. The standard InChI is InChI=1S/C15H32N2/c1-8-13-9-16-14(11(2)3)10-17(13)12(4)15(5,6)7/h11-14,16H,8-10H2,1-7H3. The molecule has 3 unspecified atom stereocenters. The smallest absolute Gasteiger partial charge is 0.0221 e. The molecule has 102 valence electrons. The van der Waals surface area contributed by atoms with Crippen molar-refractivity contribution in [2.45, 2.75) is 73.0 Å². The second-order valence-electron chi connectivity index (χ2n) is 7.06. The van der Waals surface area contributed by atoms with Crippen LogP contribution in [-0.2, 0) is 0 Å². The predicted octanol–water partition coefficient (Wildman–Crippen LogP) is 3.13. The fourth-order valence-electron chi connectivity index (χ4n) is 2.64. The van der Waals surface area contributed by atoms with E-state index in [4.69, 9.17) is 0 Å². The lowest BCUT2D eigenvalue weighted by molar-refractivity contribution is 0.0261. The molecule has 1 aliphatic heterocycles. The fraction of sp³-hybridized carbons (Fsp3) is 1.00. The molecule has 0 aliphatic carbocycles. The van der Waals surface area contributed by atoms with Gasteiger partial charge < -0.3 is 5.32 Å². The van der Waals surface area contributed by atoms with Crippen LogP contribution in [0.2, 0.25) is 0 Å². The van der Waals surface area contributed by atoms with E-state index in [0.29, 0.717) is 23.5 Å². The molecule has 0 bridgehead atoms. The summed E-state index contributed by atoms with van der Waals surface area (Å²) in [5.74, 6) is 0.725. The van der Waals surface area contributed by atoms with E-state index >= 15 is 0 Å². The van der Waals surface area contributed by atoms with Crippen molar-refractivity contribution in [2.75, 3.05) is 13.1 Å². The van der Waals surface area contributed by atoms with Crippen LogP contribution in [0.25, 0.3) is 0 Å². The van der Waals surface area contributed by atoms with Crippen LogP contribution in [-0.4, -0.2) is 36.1 Å². The lowest BCUT2D eigenvalue weighted by Crippen LogP contribution is -2.62. The van der Waals surface area contributed by atoms with Gasteiger partial charge in [0.1, 0.15) is 0 Å². The van der Waals surface area contributed by atoms with Crippen molar-refractivity contribution in [2.24, 2.45) is 11.3 Å². The Balaban J connectivity index is 2.76. The third-order valence-electron chi connectivity index (χ3n) is 4.52. The van der Waals surface area contributed by atoms with E-state index in [2.05, 4.69) is 58.7 Å². The van der Waals surface area contributed by atoms with Gasteiger partial charge in [0.05, 0.1) is 0 Å². The van der Waals surface area contributed by atoms with Gasteiger partial charge in [0.2, 0.25) is 0 Å². The first-order chi connectivity index (χ1) is 7.77. The maximum absolute atomic E-state index is 3.71. The van der Waals surface area contributed by atoms with Gasteiger partial charge in [-0.1, -0.05) is 41.5 Å². The maximum Gasteiger partial charge on any atom is 0.0221 e. The van der Waals surface area contributed by atoms with Crippen LogP contribution in [0.15, 0.2) is 0 Å². The fourth-order valence-corrected chi connectivity index (χ4v) is 2.64. The Hall–Kier alpha value is -0.0800. The largest absolute Gasteiger partial charge is 0.311 e. The normalized spacial score (nSPS) is 29.6. The Morgan fingerprint density at radius 1 is 1.24 bits per heavy atom. The first-order valence-electron chi connectivity index (χ1n) is 7.26. The van der Waals surface area contributed by atoms with E-state index in [1.54, 1.807) is 0 Å². The van der Waals surface area contributed by atoms with Crippen molar-refractivity contribution < 1.29 is 0 Å². The summed E-state index contributed by atoms with van der Waals surface area (Å²) in [4.78, 5) is 2.74. The van der Waals surface area contributed by atoms with E-state index < -0.39 is 0 Å². The highest BCUT2D eigenvalue weighted by Crippen LogP contribution is 2.28. The van der Waals surface area contributed by atoms with Gasteiger partial charge in [0.15, 0.2) is 0 Å². The first kappa shape index (κ1) is 15.0. The molecule has 1 aliphatic rings. The summed E-state index contributed by atoms with van der Waals surface area (Å²) in [5.41, 5.74) is 0.367. The molecule has 1 N–H and O–H groups in total. The Labute approximate surface area is 108 Å². The highest BCUT2D eigenvalue weighted by molar-refractivity contribution is 4.92. The Kier molecular flexibility index (Phi) is 5.03. The van der Waals surface area contributed by atoms with E-state index in [9.17, 15) is 0 Å². The monoisotopic (exact) mass is 240 g/mol. The van der Waals surface area contributed by atoms with Gasteiger partial charge in [-0.05, 0) is 24.7 Å². The molecule has 2 nitrogen and oxygen atoms in total. The molecule has 1 heterocycles. The van der Waals surface area contributed by atoms with Crippen LogP contribution in [0.5, 0.6) is 0 Å². The molecule has 0 spiro atoms. The molecule has 17 heavy (non-hydrogen) atoms. The SMILES string of the molecule is CCC1CNC(C(C)C)CN1C(C)C(C)(C)C. The van der Waals surface area contributed by atoms with Crippen molar-refractivity contribution in [3.63, 3.8) is 0 Å². The minimum Gasteiger partial charge on any atom is -0.311 e. The van der Waals surface area contributed by atoms with E-state index in [1.807, 2.05) is 0 Å². The molecule has 0 amide bonds. The first-order valence-corrected chi connectivity index (χ1v) is 7.26. The summed E-state index contributed by atoms with van der Waals surface area (Å²) in [6.45, 7) is 18.8. The van der Waals surface area contributed by atoms with Gasteiger partial charge in [0, 0.05) is 31.2 Å².